The van der Waals surface area contributed by atoms with Gasteiger partial charge in [-0.2, -0.15) is 0 Å². The Bertz CT molecular complexity index is 413. The molecule has 1 aliphatic heterocycles. The fourth-order valence-corrected chi connectivity index (χ4v) is 2.99. The zero-order valence-electron chi connectivity index (χ0n) is 11.3. The summed E-state index contributed by atoms with van der Waals surface area (Å²) in [6.45, 7) is 1.45. The fraction of sp³-hybridized carbons (Fsp3) is 0.529. The SMILES string of the molecule is C#CCCCC(O)C1(c2ccccc2)CCOCC1. The molecule has 0 bridgehead atoms. The van der Waals surface area contributed by atoms with Gasteiger partial charge in [-0.15, -0.1) is 12.3 Å². The first-order chi connectivity index (χ1) is 9.29. The Morgan fingerprint density at radius 1 is 1.26 bits per heavy atom. The van der Waals surface area contributed by atoms with Gasteiger partial charge in [0.1, 0.15) is 0 Å². The molecule has 2 rings (SSSR count). The molecule has 0 spiro atoms. The molecule has 2 heteroatoms. The summed E-state index contributed by atoms with van der Waals surface area (Å²) in [5, 5.41) is 10.7. The molecule has 102 valence electrons. The van der Waals surface area contributed by atoms with Crippen molar-refractivity contribution in [2.24, 2.45) is 0 Å². The lowest BCUT2D eigenvalue weighted by Crippen LogP contribution is -2.44. The Labute approximate surface area is 115 Å². The van der Waals surface area contributed by atoms with Crippen molar-refractivity contribution < 1.29 is 9.84 Å². The van der Waals surface area contributed by atoms with Gasteiger partial charge >= 0.3 is 0 Å². The van der Waals surface area contributed by atoms with Crippen LogP contribution in [-0.4, -0.2) is 24.4 Å². The molecule has 19 heavy (non-hydrogen) atoms. The van der Waals surface area contributed by atoms with Gasteiger partial charge in [0, 0.05) is 25.0 Å². The van der Waals surface area contributed by atoms with Gasteiger partial charge < -0.3 is 9.84 Å². The molecule has 1 aliphatic rings. The van der Waals surface area contributed by atoms with Crippen molar-refractivity contribution in [3.05, 3.63) is 35.9 Å². The maximum Gasteiger partial charge on any atom is 0.0638 e. The summed E-state index contributed by atoms with van der Waals surface area (Å²) in [6.07, 6.45) is 9.09. The maximum atomic E-state index is 10.7. The van der Waals surface area contributed by atoms with Crippen LogP contribution in [0.4, 0.5) is 0 Å². The topological polar surface area (TPSA) is 29.5 Å². The van der Waals surface area contributed by atoms with Gasteiger partial charge in [-0.3, -0.25) is 0 Å². The van der Waals surface area contributed by atoms with Crippen molar-refractivity contribution in [3.8, 4) is 12.3 Å². The average molecular weight is 258 g/mol. The number of terminal acetylenes is 1. The van der Waals surface area contributed by atoms with E-state index in [4.69, 9.17) is 11.2 Å². The maximum absolute atomic E-state index is 10.7. The largest absolute Gasteiger partial charge is 0.392 e. The summed E-state index contributed by atoms with van der Waals surface area (Å²) in [4.78, 5) is 0. The Morgan fingerprint density at radius 3 is 2.58 bits per heavy atom. The van der Waals surface area contributed by atoms with E-state index < -0.39 is 0 Å². The van der Waals surface area contributed by atoms with Crippen LogP contribution in [-0.2, 0) is 10.2 Å². The van der Waals surface area contributed by atoms with E-state index in [2.05, 4.69) is 18.1 Å². The highest BCUT2D eigenvalue weighted by Crippen LogP contribution is 2.39. The number of benzene rings is 1. The summed E-state index contributed by atoms with van der Waals surface area (Å²) in [5.41, 5.74) is 1.07. The van der Waals surface area contributed by atoms with E-state index in [0.29, 0.717) is 0 Å². The molecule has 1 aromatic rings. The molecule has 0 aromatic heterocycles. The highest BCUT2D eigenvalue weighted by Gasteiger charge is 2.40. The molecular formula is C17H22O2. The highest BCUT2D eigenvalue weighted by molar-refractivity contribution is 5.27. The van der Waals surface area contributed by atoms with Crippen LogP contribution < -0.4 is 0 Å². The van der Waals surface area contributed by atoms with Gasteiger partial charge in [-0.1, -0.05) is 30.3 Å². The van der Waals surface area contributed by atoms with Crippen LogP contribution in [0.15, 0.2) is 30.3 Å². The second-order valence-corrected chi connectivity index (χ2v) is 5.25. The molecule has 1 atom stereocenters. The van der Waals surface area contributed by atoms with Crippen LogP contribution in [0.1, 0.15) is 37.7 Å². The van der Waals surface area contributed by atoms with Crippen LogP contribution >= 0.6 is 0 Å². The molecule has 1 unspecified atom stereocenters. The van der Waals surface area contributed by atoms with Crippen LogP contribution in [0.5, 0.6) is 0 Å². The number of aliphatic hydroxyl groups is 1. The molecule has 0 amide bonds. The van der Waals surface area contributed by atoms with Gasteiger partial charge in [0.05, 0.1) is 6.10 Å². The first kappa shape index (κ1) is 14.1. The summed E-state index contributed by atoms with van der Waals surface area (Å²) in [5.74, 6) is 2.64. The van der Waals surface area contributed by atoms with Crippen molar-refractivity contribution in [3.63, 3.8) is 0 Å². The molecule has 1 saturated heterocycles. The number of unbranched alkanes of at least 4 members (excludes halogenated alkanes) is 1. The number of aliphatic hydroxyl groups excluding tert-OH is 1. The van der Waals surface area contributed by atoms with Crippen molar-refractivity contribution in [1.82, 2.24) is 0 Å². The van der Waals surface area contributed by atoms with Crippen LogP contribution in [0, 0.1) is 12.3 Å². The molecule has 0 aliphatic carbocycles. The number of hydrogen-bond donors (Lipinski definition) is 1. The zero-order valence-corrected chi connectivity index (χ0v) is 11.3. The van der Waals surface area contributed by atoms with Crippen LogP contribution in [0.2, 0.25) is 0 Å². The monoisotopic (exact) mass is 258 g/mol. The molecule has 0 radical (unpaired) electrons. The quantitative estimate of drug-likeness (QED) is 0.650. The van der Waals surface area contributed by atoms with Crippen molar-refractivity contribution in [1.29, 1.82) is 0 Å². The van der Waals surface area contributed by atoms with E-state index in [1.54, 1.807) is 0 Å². The Kier molecular flexibility index (Phi) is 5.01. The van der Waals surface area contributed by atoms with Crippen LogP contribution in [0.3, 0.4) is 0 Å². The van der Waals surface area contributed by atoms with E-state index in [0.717, 1.165) is 45.3 Å². The molecule has 1 heterocycles. The first-order valence-electron chi connectivity index (χ1n) is 7.04. The van der Waals surface area contributed by atoms with Gasteiger partial charge in [-0.25, -0.2) is 0 Å². The van der Waals surface area contributed by atoms with Gasteiger partial charge in [0.15, 0.2) is 0 Å². The summed E-state index contributed by atoms with van der Waals surface area (Å²) in [7, 11) is 0. The predicted octanol–water partition coefficient (Wildman–Crippen LogP) is 2.90. The molecule has 1 fully saturated rings. The Balaban J connectivity index is 2.17. The van der Waals surface area contributed by atoms with Crippen molar-refractivity contribution in [2.75, 3.05) is 13.2 Å². The second kappa shape index (κ2) is 6.75. The molecule has 0 saturated carbocycles. The zero-order chi connectivity index (χ0) is 13.6. The van der Waals surface area contributed by atoms with E-state index >= 15 is 0 Å². The van der Waals surface area contributed by atoms with Crippen LogP contribution in [0.25, 0.3) is 0 Å². The lowest BCUT2D eigenvalue weighted by Gasteiger charge is -2.41. The first-order valence-corrected chi connectivity index (χ1v) is 7.04. The standard InChI is InChI=1S/C17H22O2/c1-2-3-5-10-16(18)17(11-13-19-14-12-17)15-8-6-4-7-9-15/h1,4,6-9,16,18H,3,5,10-14H2. The molecule has 1 N–H and O–H groups in total. The lowest BCUT2D eigenvalue weighted by atomic mass is 9.69. The average Bonchev–Trinajstić information content (AvgIpc) is 2.49. The normalized spacial score (nSPS) is 19.6. The third-order valence-corrected chi connectivity index (χ3v) is 4.17. The Hall–Kier alpha value is -1.30. The van der Waals surface area contributed by atoms with Crippen molar-refractivity contribution >= 4 is 0 Å². The molecule has 2 nitrogen and oxygen atoms in total. The third-order valence-electron chi connectivity index (χ3n) is 4.17. The van der Waals surface area contributed by atoms with Gasteiger partial charge in [0.25, 0.3) is 0 Å². The minimum Gasteiger partial charge on any atom is -0.392 e. The number of rotatable bonds is 5. The van der Waals surface area contributed by atoms with Gasteiger partial charge in [-0.05, 0) is 31.2 Å². The number of hydrogen-bond acceptors (Lipinski definition) is 2. The smallest absolute Gasteiger partial charge is 0.0638 e. The van der Waals surface area contributed by atoms with E-state index in [9.17, 15) is 5.11 Å². The Morgan fingerprint density at radius 2 is 1.95 bits per heavy atom. The summed E-state index contributed by atoms with van der Waals surface area (Å²) >= 11 is 0. The minimum absolute atomic E-state index is 0.159. The fourth-order valence-electron chi connectivity index (χ4n) is 2.99. The van der Waals surface area contributed by atoms with E-state index in [1.807, 2.05) is 18.2 Å². The van der Waals surface area contributed by atoms with Gasteiger partial charge in [0.2, 0.25) is 0 Å². The predicted molar refractivity (Wildman–Crippen MR) is 76.9 cm³/mol. The summed E-state index contributed by atoms with van der Waals surface area (Å²) in [6, 6.07) is 10.3. The molecule has 1 aromatic carbocycles. The number of ether oxygens (including phenoxy) is 1. The minimum atomic E-state index is -0.341. The van der Waals surface area contributed by atoms with E-state index in [-0.39, 0.29) is 11.5 Å². The van der Waals surface area contributed by atoms with Crippen molar-refractivity contribution in [2.45, 2.75) is 43.6 Å². The highest BCUT2D eigenvalue weighted by atomic mass is 16.5. The third kappa shape index (κ3) is 3.18. The van der Waals surface area contributed by atoms with E-state index in [1.165, 1.54) is 5.56 Å². The summed E-state index contributed by atoms with van der Waals surface area (Å²) < 4.78 is 5.48. The lowest BCUT2D eigenvalue weighted by molar-refractivity contribution is -0.0193. The second-order valence-electron chi connectivity index (χ2n) is 5.25. The molecular weight excluding hydrogens is 236 g/mol.